The number of rotatable bonds is 0. The molecule has 20 heavy (non-hydrogen) atoms. The first-order chi connectivity index (χ1) is 9.74. The third-order valence-electron chi connectivity index (χ3n) is 3.48. The SMILES string of the molecule is O=C1CC=C2Sc3ccccc3N=C3C=CC3=C2C1=O. The molecular formula is C16H9NO2S. The predicted octanol–water partition coefficient (Wildman–Crippen LogP) is 3.16. The van der Waals surface area contributed by atoms with Crippen molar-refractivity contribution in [1.29, 1.82) is 0 Å². The Hall–Kier alpha value is -2.20. The van der Waals surface area contributed by atoms with Gasteiger partial charge in [0.05, 0.1) is 11.4 Å². The van der Waals surface area contributed by atoms with Gasteiger partial charge in [0.15, 0.2) is 0 Å². The van der Waals surface area contributed by atoms with Crippen molar-refractivity contribution in [3.63, 3.8) is 0 Å². The number of carbonyl (C=O) groups is 2. The van der Waals surface area contributed by atoms with E-state index in [0.29, 0.717) is 5.57 Å². The molecule has 0 N–H and O–H groups in total. The lowest BCUT2D eigenvalue weighted by Crippen LogP contribution is -2.25. The maximum atomic E-state index is 12.2. The molecule has 0 amide bonds. The molecule has 0 radical (unpaired) electrons. The van der Waals surface area contributed by atoms with E-state index in [0.717, 1.165) is 26.8 Å². The highest BCUT2D eigenvalue weighted by Gasteiger charge is 2.33. The van der Waals surface area contributed by atoms with Crippen molar-refractivity contribution in [1.82, 2.24) is 0 Å². The molecule has 3 aliphatic rings. The van der Waals surface area contributed by atoms with Crippen molar-refractivity contribution < 1.29 is 9.59 Å². The Bertz CT molecular complexity index is 796. The van der Waals surface area contributed by atoms with Crippen molar-refractivity contribution in [3.8, 4) is 0 Å². The van der Waals surface area contributed by atoms with Gasteiger partial charge in [-0.3, -0.25) is 9.59 Å². The Morgan fingerprint density at radius 3 is 2.75 bits per heavy atom. The fourth-order valence-electron chi connectivity index (χ4n) is 2.41. The first kappa shape index (κ1) is 11.6. The fraction of sp³-hybridized carbons (Fsp3) is 0.0625. The summed E-state index contributed by atoms with van der Waals surface area (Å²) in [5.74, 6) is -0.730. The minimum atomic E-state index is -0.388. The Morgan fingerprint density at radius 2 is 1.95 bits per heavy atom. The van der Waals surface area contributed by atoms with E-state index in [-0.39, 0.29) is 18.0 Å². The Kier molecular flexibility index (Phi) is 2.41. The third kappa shape index (κ3) is 1.58. The van der Waals surface area contributed by atoms with E-state index in [4.69, 9.17) is 0 Å². The number of hydrogen-bond donors (Lipinski definition) is 0. The van der Waals surface area contributed by atoms with Gasteiger partial charge in [-0.1, -0.05) is 30.0 Å². The van der Waals surface area contributed by atoms with Crippen LogP contribution >= 0.6 is 11.8 Å². The van der Waals surface area contributed by atoms with E-state index in [1.165, 1.54) is 11.8 Å². The zero-order chi connectivity index (χ0) is 13.7. The fourth-order valence-corrected chi connectivity index (χ4v) is 3.49. The van der Waals surface area contributed by atoms with E-state index < -0.39 is 0 Å². The number of para-hydroxylation sites is 1. The van der Waals surface area contributed by atoms with Gasteiger partial charge in [-0.05, 0) is 24.3 Å². The van der Waals surface area contributed by atoms with Gasteiger partial charge in [-0.15, -0.1) is 0 Å². The van der Waals surface area contributed by atoms with Crippen molar-refractivity contribution in [2.45, 2.75) is 11.3 Å². The summed E-state index contributed by atoms with van der Waals surface area (Å²) in [6, 6.07) is 7.84. The summed E-state index contributed by atoms with van der Waals surface area (Å²) < 4.78 is 0. The summed E-state index contributed by atoms with van der Waals surface area (Å²) in [6.45, 7) is 0. The number of fused-ring (bicyclic) bond motifs is 3. The molecule has 0 atom stereocenters. The van der Waals surface area contributed by atoms with Crippen LogP contribution in [0.1, 0.15) is 6.42 Å². The number of thioether (sulfide) groups is 1. The minimum Gasteiger partial charge on any atom is -0.290 e. The van der Waals surface area contributed by atoms with Crippen molar-refractivity contribution >= 4 is 34.7 Å². The van der Waals surface area contributed by atoms with Crippen LogP contribution in [0.4, 0.5) is 5.69 Å². The summed E-state index contributed by atoms with van der Waals surface area (Å²) in [5.41, 5.74) is 2.98. The zero-order valence-corrected chi connectivity index (χ0v) is 11.2. The van der Waals surface area contributed by atoms with Gasteiger partial charge in [-0.2, -0.15) is 0 Å². The number of Topliss-reactive ketones (excluding diaryl/α,β-unsaturated/α-hetero) is 2. The second-order valence-corrected chi connectivity index (χ2v) is 5.80. The molecule has 0 unspecified atom stereocenters. The third-order valence-corrected chi connectivity index (χ3v) is 4.63. The average Bonchev–Trinajstić information content (AvgIpc) is 2.43. The maximum Gasteiger partial charge on any atom is 0.230 e. The van der Waals surface area contributed by atoms with Gasteiger partial charge < -0.3 is 0 Å². The molecule has 0 aromatic heterocycles. The second kappa shape index (κ2) is 4.15. The molecule has 3 nitrogen and oxygen atoms in total. The maximum absolute atomic E-state index is 12.2. The highest BCUT2D eigenvalue weighted by Crippen LogP contribution is 2.44. The number of nitrogens with zero attached hydrogens (tertiary/aromatic N) is 1. The molecule has 1 aliphatic heterocycles. The van der Waals surface area contributed by atoms with Crippen LogP contribution in [0.2, 0.25) is 0 Å². The Labute approximate surface area is 119 Å². The lowest BCUT2D eigenvalue weighted by Gasteiger charge is -2.24. The normalized spacial score (nSPS) is 20.0. The van der Waals surface area contributed by atoms with E-state index in [1.807, 2.05) is 42.5 Å². The van der Waals surface area contributed by atoms with Crippen LogP contribution in [0.5, 0.6) is 0 Å². The standard InChI is InChI=1S/C16H9NO2S/c18-12-7-8-14-15(16(12)19)9-5-6-10(9)17-11-3-1-2-4-13(11)20-14/h1-6,8H,7H2. The van der Waals surface area contributed by atoms with Crippen LogP contribution in [-0.4, -0.2) is 17.3 Å². The van der Waals surface area contributed by atoms with E-state index in [9.17, 15) is 9.59 Å². The molecule has 96 valence electrons. The van der Waals surface area contributed by atoms with Gasteiger partial charge in [0, 0.05) is 27.4 Å². The zero-order valence-electron chi connectivity index (χ0n) is 10.4. The number of benzene rings is 1. The summed E-state index contributed by atoms with van der Waals surface area (Å²) in [4.78, 5) is 30.3. The molecule has 4 heteroatoms. The lowest BCUT2D eigenvalue weighted by molar-refractivity contribution is -0.134. The Morgan fingerprint density at radius 1 is 1.10 bits per heavy atom. The largest absolute Gasteiger partial charge is 0.290 e. The molecule has 0 bridgehead atoms. The second-order valence-electron chi connectivity index (χ2n) is 4.71. The van der Waals surface area contributed by atoms with Gasteiger partial charge in [0.1, 0.15) is 0 Å². The molecule has 0 saturated heterocycles. The van der Waals surface area contributed by atoms with Crippen molar-refractivity contribution in [3.05, 3.63) is 58.5 Å². The first-order valence-electron chi connectivity index (χ1n) is 6.30. The van der Waals surface area contributed by atoms with E-state index >= 15 is 0 Å². The number of ketones is 2. The molecule has 2 aliphatic carbocycles. The van der Waals surface area contributed by atoms with Crippen molar-refractivity contribution in [2.24, 2.45) is 4.99 Å². The first-order valence-corrected chi connectivity index (χ1v) is 7.12. The number of allylic oxidation sites excluding steroid dienone is 5. The number of aliphatic imine (C=N–C) groups is 1. The van der Waals surface area contributed by atoms with E-state index in [2.05, 4.69) is 4.99 Å². The minimum absolute atomic E-state index is 0.191. The number of hydrogen-bond acceptors (Lipinski definition) is 4. The highest BCUT2D eigenvalue weighted by molar-refractivity contribution is 8.03. The summed E-state index contributed by atoms with van der Waals surface area (Å²) in [7, 11) is 0. The van der Waals surface area contributed by atoms with Crippen LogP contribution in [0, 0.1) is 0 Å². The van der Waals surface area contributed by atoms with E-state index in [1.54, 1.807) is 0 Å². The smallest absolute Gasteiger partial charge is 0.230 e. The van der Waals surface area contributed by atoms with Gasteiger partial charge in [0.2, 0.25) is 11.6 Å². The molecule has 0 saturated carbocycles. The molecule has 0 spiro atoms. The molecule has 1 aromatic carbocycles. The molecular weight excluding hydrogens is 270 g/mol. The topological polar surface area (TPSA) is 46.5 Å². The van der Waals surface area contributed by atoms with Crippen LogP contribution < -0.4 is 0 Å². The summed E-state index contributed by atoms with van der Waals surface area (Å²) in [6.07, 6.45) is 5.77. The Balaban J connectivity index is 2.00. The average molecular weight is 279 g/mol. The highest BCUT2D eigenvalue weighted by atomic mass is 32.2. The summed E-state index contributed by atoms with van der Waals surface area (Å²) in [5, 5.41) is 0. The monoisotopic (exact) mass is 279 g/mol. The van der Waals surface area contributed by atoms with Crippen LogP contribution in [0.3, 0.4) is 0 Å². The van der Waals surface area contributed by atoms with Crippen LogP contribution in [0.15, 0.2) is 68.4 Å². The number of carbonyl (C=O) groups excluding carboxylic acids is 2. The predicted molar refractivity (Wildman–Crippen MR) is 78.3 cm³/mol. The van der Waals surface area contributed by atoms with Crippen LogP contribution in [-0.2, 0) is 9.59 Å². The molecule has 1 heterocycles. The van der Waals surface area contributed by atoms with Crippen LogP contribution in [0.25, 0.3) is 0 Å². The van der Waals surface area contributed by atoms with Gasteiger partial charge >= 0.3 is 0 Å². The van der Waals surface area contributed by atoms with Crippen molar-refractivity contribution in [2.75, 3.05) is 0 Å². The quantitative estimate of drug-likeness (QED) is 0.685. The summed E-state index contributed by atoms with van der Waals surface area (Å²) >= 11 is 1.51. The lowest BCUT2D eigenvalue weighted by atomic mass is 9.87. The molecule has 1 aromatic rings. The molecule has 4 rings (SSSR count). The van der Waals surface area contributed by atoms with Gasteiger partial charge in [-0.25, -0.2) is 4.99 Å². The molecule has 0 fully saturated rings. The van der Waals surface area contributed by atoms with Gasteiger partial charge in [0.25, 0.3) is 0 Å².